The van der Waals surface area contributed by atoms with Crippen molar-refractivity contribution >= 4 is 17.3 Å². The molecule has 3 nitrogen and oxygen atoms in total. The summed E-state index contributed by atoms with van der Waals surface area (Å²) < 4.78 is 39.2. The number of rotatable bonds is 2. The van der Waals surface area contributed by atoms with Crippen molar-refractivity contribution in [2.75, 3.05) is 11.1 Å². The summed E-state index contributed by atoms with van der Waals surface area (Å²) in [6.07, 6.45) is 0. The molecule has 0 aromatic heterocycles. The second kappa shape index (κ2) is 5.01. The van der Waals surface area contributed by atoms with Crippen LogP contribution in [-0.2, 0) is 0 Å². The summed E-state index contributed by atoms with van der Waals surface area (Å²) in [6.45, 7) is 0. The van der Waals surface area contributed by atoms with Crippen LogP contribution in [0, 0.1) is 17.5 Å². The van der Waals surface area contributed by atoms with Crippen LogP contribution in [0.1, 0.15) is 10.4 Å². The van der Waals surface area contributed by atoms with Crippen LogP contribution < -0.4 is 11.1 Å². The van der Waals surface area contributed by atoms with Gasteiger partial charge in [0.15, 0.2) is 11.6 Å². The first-order valence-corrected chi connectivity index (χ1v) is 5.29. The van der Waals surface area contributed by atoms with Gasteiger partial charge in [-0.15, -0.1) is 0 Å². The highest BCUT2D eigenvalue weighted by Crippen LogP contribution is 2.19. The average molecular weight is 266 g/mol. The largest absolute Gasteiger partial charge is 0.398 e. The van der Waals surface area contributed by atoms with Gasteiger partial charge in [0.1, 0.15) is 5.82 Å². The van der Waals surface area contributed by atoms with Gasteiger partial charge in [0.25, 0.3) is 5.91 Å². The van der Waals surface area contributed by atoms with Gasteiger partial charge in [-0.2, -0.15) is 0 Å². The third-order valence-electron chi connectivity index (χ3n) is 2.46. The van der Waals surface area contributed by atoms with E-state index in [0.717, 1.165) is 24.3 Å². The third kappa shape index (κ3) is 2.67. The van der Waals surface area contributed by atoms with Crippen LogP contribution in [0.3, 0.4) is 0 Å². The van der Waals surface area contributed by atoms with Crippen LogP contribution in [0.2, 0.25) is 0 Å². The van der Waals surface area contributed by atoms with Crippen molar-refractivity contribution < 1.29 is 18.0 Å². The lowest BCUT2D eigenvalue weighted by atomic mass is 10.1. The first-order chi connectivity index (χ1) is 8.99. The fourth-order valence-electron chi connectivity index (χ4n) is 1.53. The van der Waals surface area contributed by atoms with E-state index in [9.17, 15) is 18.0 Å². The Bertz CT molecular complexity index is 644. The summed E-state index contributed by atoms with van der Waals surface area (Å²) in [6, 6.07) is 6.57. The standard InChI is InChI=1S/C13H9F3N2O/c14-7-4-5-8(10(17)6-7)13(19)18-11-3-1-2-9(15)12(11)16/h1-6H,17H2,(H,18,19). The van der Waals surface area contributed by atoms with Crippen LogP contribution in [0.15, 0.2) is 36.4 Å². The fourth-order valence-corrected chi connectivity index (χ4v) is 1.53. The number of hydrogen-bond donors (Lipinski definition) is 2. The molecule has 0 heterocycles. The summed E-state index contributed by atoms with van der Waals surface area (Å²) in [7, 11) is 0. The van der Waals surface area contributed by atoms with Gasteiger partial charge in [-0.25, -0.2) is 13.2 Å². The predicted octanol–water partition coefficient (Wildman–Crippen LogP) is 2.94. The second-order valence-electron chi connectivity index (χ2n) is 3.79. The van der Waals surface area contributed by atoms with Crippen LogP contribution >= 0.6 is 0 Å². The van der Waals surface area contributed by atoms with Crippen LogP contribution in [0.25, 0.3) is 0 Å². The molecular formula is C13H9F3N2O. The number of nitrogen functional groups attached to an aromatic ring is 1. The topological polar surface area (TPSA) is 55.1 Å². The van der Waals surface area contributed by atoms with Crippen molar-refractivity contribution in [2.45, 2.75) is 0 Å². The first-order valence-electron chi connectivity index (χ1n) is 5.29. The Kier molecular flexibility index (Phi) is 3.41. The van der Waals surface area contributed by atoms with E-state index in [1.54, 1.807) is 0 Å². The van der Waals surface area contributed by atoms with E-state index in [1.807, 2.05) is 0 Å². The molecule has 0 bridgehead atoms. The van der Waals surface area contributed by atoms with E-state index in [1.165, 1.54) is 12.1 Å². The summed E-state index contributed by atoms with van der Waals surface area (Å²) >= 11 is 0. The maximum atomic E-state index is 13.4. The number of carbonyl (C=O) groups excluding carboxylic acids is 1. The normalized spacial score (nSPS) is 10.3. The molecule has 2 rings (SSSR count). The minimum atomic E-state index is -1.17. The smallest absolute Gasteiger partial charge is 0.257 e. The molecule has 0 aliphatic rings. The van der Waals surface area contributed by atoms with Crippen molar-refractivity contribution in [3.63, 3.8) is 0 Å². The number of nitrogens with one attached hydrogen (secondary N) is 1. The zero-order chi connectivity index (χ0) is 14.0. The van der Waals surface area contributed by atoms with Gasteiger partial charge < -0.3 is 11.1 Å². The number of amides is 1. The second-order valence-corrected chi connectivity index (χ2v) is 3.79. The van der Waals surface area contributed by atoms with Gasteiger partial charge in [-0.05, 0) is 30.3 Å². The number of anilines is 2. The van der Waals surface area contributed by atoms with Crippen LogP contribution in [-0.4, -0.2) is 5.91 Å². The summed E-state index contributed by atoms with van der Waals surface area (Å²) in [5.74, 6) is -3.59. The summed E-state index contributed by atoms with van der Waals surface area (Å²) in [4.78, 5) is 11.8. The van der Waals surface area contributed by atoms with Gasteiger partial charge in [0.2, 0.25) is 0 Å². The Morgan fingerprint density at radius 1 is 1.11 bits per heavy atom. The maximum absolute atomic E-state index is 13.4. The molecule has 0 atom stereocenters. The average Bonchev–Trinajstić information content (AvgIpc) is 2.34. The molecule has 19 heavy (non-hydrogen) atoms. The lowest BCUT2D eigenvalue weighted by Gasteiger charge is -2.08. The van der Waals surface area contributed by atoms with Crippen molar-refractivity contribution in [1.82, 2.24) is 0 Å². The van der Waals surface area contributed by atoms with Crippen molar-refractivity contribution in [1.29, 1.82) is 0 Å². The molecule has 2 aromatic rings. The molecule has 3 N–H and O–H groups in total. The molecule has 0 unspecified atom stereocenters. The Morgan fingerprint density at radius 3 is 2.53 bits per heavy atom. The third-order valence-corrected chi connectivity index (χ3v) is 2.46. The van der Waals surface area contributed by atoms with E-state index in [0.29, 0.717) is 0 Å². The number of nitrogens with two attached hydrogens (primary N) is 1. The van der Waals surface area contributed by atoms with Crippen molar-refractivity contribution in [2.24, 2.45) is 0 Å². The Morgan fingerprint density at radius 2 is 1.84 bits per heavy atom. The number of hydrogen-bond acceptors (Lipinski definition) is 2. The predicted molar refractivity (Wildman–Crippen MR) is 65.1 cm³/mol. The molecule has 0 aliphatic carbocycles. The van der Waals surface area contributed by atoms with Gasteiger partial charge in [0.05, 0.1) is 11.3 Å². The van der Waals surface area contributed by atoms with Gasteiger partial charge in [-0.3, -0.25) is 4.79 Å². The fraction of sp³-hybridized carbons (Fsp3) is 0. The molecule has 0 saturated carbocycles. The quantitative estimate of drug-likeness (QED) is 0.821. The summed E-state index contributed by atoms with van der Waals surface area (Å²) in [5, 5.41) is 2.17. The van der Waals surface area contributed by atoms with Crippen molar-refractivity contribution in [3.05, 3.63) is 59.4 Å². The van der Waals surface area contributed by atoms with E-state index < -0.39 is 23.4 Å². The summed E-state index contributed by atoms with van der Waals surface area (Å²) in [5.41, 5.74) is 5.05. The molecule has 98 valence electrons. The molecule has 0 saturated heterocycles. The Hall–Kier alpha value is -2.50. The molecule has 0 aliphatic heterocycles. The van der Waals surface area contributed by atoms with Gasteiger partial charge in [-0.1, -0.05) is 6.07 Å². The molecule has 2 aromatic carbocycles. The van der Waals surface area contributed by atoms with E-state index in [4.69, 9.17) is 5.73 Å². The number of benzene rings is 2. The number of halogens is 3. The van der Waals surface area contributed by atoms with Gasteiger partial charge in [0, 0.05) is 5.69 Å². The maximum Gasteiger partial charge on any atom is 0.257 e. The van der Waals surface area contributed by atoms with Gasteiger partial charge >= 0.3 is 0 Å². The van der Waals surface area contributed by atoms with Crippen LogP contribution in [0.4, 0.5) is 24.5 Å². The molecule has 6 heteroatoms. The highest BCUT2D eigenvalue weighted by Gasteiger charge is 2.14. The zero-order valence-electron chi connectivity index (χ0n) is 9.58. The lowest BCUT2D eigenvalue weighted by molar-refractivity contribution is 0.102. The minimum absolute atomic E-state index is 0.0231. The molecule has 0 fully saturated rings. The lowest BCUT2D eigenvalue weighted by Crippen LogP contribution is -2.15. The monoisotopic (exact) mass is 266 g/mol. The Balaban J connectivity index is 2.28. The minimum Gasteiger partial charge on any atom is -0.398 e. The molecule has 0 radical (unpaired) electrons. The van der Waals surface area contributed by atoms with Crippen molar-refractivity contribution in [3.8, 4) is 0 Å². The molecular weight excluding hydrogens is 257 g/mol. The SMILES string of the molecule is Nc1cc(F)ccc1C(=O)Nc1cccc(F)c1F. The Labute approximate surface area is 106 Å². The van der Waals surface area contributed by atoms with E-state index in [-0.39, 0.29) is 16.9 Å². The van der Waals surface area contributed by atoms with E-state index in [2.05, 4.69) is 5.32 Å². The highest BCUT2D eigenvalue weighted by molar-refractivity contribution is 6.07. The van der Waals surface area contributed by atoms with E-state index >= 15 is 0 Å². The first kappa shape index (κ1) is 12.9. The molecule has 1 amide bonds. The zero-order valence-corrected chi connectivity index (χ0v) is 9.58. The molecule has 0 spiro atoms. The number of carbonyl (C=O) groups is 1. The highest BCUT2D eigenvalue weighted by atomic mass is 19.2. The van der Waals surface area contributed by atoms with Crippen LogP contribution in [0.5, 0.6) is 0 Å².